The van der Waals surface area contributed by atoms with Crippen molar-refractivity contribution in [2.24, 2.45) is 0 Å². The summed E-state index contributed by atoms with van der Waals surface area (Å²) in [5, 5.41) is 2.86. The minimum Gasteiger partial charge on any atom is -0.491 e. The molecule has 0 radical (unpaired) electrons. The van der Waals surface area contributed by atoms with Crippen LogP contribution in [0.15, 0.2) is 78.9 Å². The van der Waals surface area contributed by atoms with E-state index in [0.29, 0.717) is 34.7 Å². The van der Waals surface area contributed by atoms with E-state index in [2.05, 4.69) is 5.32 Å². The van der Waals surface area contributed by atoms with E-state index in [4.69, 9.17) is 4.74 Å². The third-order valence-corrected chi connectivity index (χ3v) is 4.35. The lowest BCUT2D eigenvalue weighted by Gasteiger charge is -2.14. The Bertz CT molecular complexity index is 984. The summed E-state index contributed by atoms with van der Waals surface area (Å²) in [4.78, 5) is 27.5. The van der Waals surface area contributed by atoms with Crippen LogP contribution >= 0.6 is 0 Å². The molecule has 0 saturated carbocycles. The molecule has 148 valence electrons. The highest BCUT2D eigenvalue weighted by Gasteiger charge is 2.14. The maximum Gasteiger partial charge on any atom is 0.259 e. The molecule has 1 N–H and O–H groups in total. The second kappa shape index (κ2) is 9.66. The number of ether oxygens (including phenoxy) is 1. The summed E-state index contributed by atoms with van der Waals surface area (Å²) in [5.41, 5.74) is 2.13. The zero-order valence-corrected chi connectivity index (χ0v) is 16.6. The third-order valence-electron chi connectivity index (χ3n) is 4.35. The number of amides is 1. The number of ketones is 1. The fraction of sp³-hybridized carbons (Fsp3) is 0.167. The molecule has 0 saturated heterocycles. The van der Waals surface area contributed by atoms with E-state index in [9.17, 15) is 9.59 Å². The van der Waals surface area contributed by atoms with Crippen molar-refractivity contribution in [1.82, 2.24) is 4.90 Å². The predicted octanol–water partition coefficient (Wildman–Crippen LogP) is 4.11. The van der Waals surface area contributed by atoms with Crippen LogP contribution in [0.25, 0.3) is 0 Å². The molecular formula is C24H24N2O3. The van der Waals surface area contributed by atoms with Crippen LogP contribution in [-0.2, 0) is 0 Å². The second-order valence-corrected chi connectivity index (χ2v) is 6.88. The molecule has 0 heterocycles. The van der Waals surface area contributed by atoms with Crippen molar-refractivity contribution >= 4 is 17.4 Å². The van der Waals surface area contributed by atoms with E-state index in [1.54, 1.807) is 54.6 Å². The Morgan fingerprint density at radius 2 is 1.55 bits per heavy atom. The van der Waals surface area contributed by atoms with Crippen LogP contribution in [0.1, 0.15) is 26.3 Å². The SMILES string of the molecule is CN(C)CCOc1ccccc1C(=O)Nc1cccc(C(=O)c2ccccc2)c1. The highest BCUT2D eigenvalue weighted by Crippen LogP contribution is 2.21. The van der Waals surface area contributed by atoms with Gasteiger partial charge in [-0.1, -0.05) is 54.6 Å². The standard InChI is InChI=1S/C24H24N2O3/c1-26(2)15-16-29-22-14-7-6-13-21(22)24(28)25-20-12-8-11-19(17-20)23(27)18-9-4-3-5-10-18/h3-14,17H,15-16H2,1-2H3,(H,25,28). The van der Waals surface area contributed by atoms with Gasteiger partial charge in [0.1, 0.15) is 12.4 Å². The molecule has 3 rings (SSSR count). The topological polar surface area (TPSA) is 58.6 Å². The normalized spacial score (nSPS) is 10.6. The number of nitrogens with one attached hydrogen (secondary N) is 1. The maximum absolute atomic E-state index is 12.8. The molecule has 29 heavy (non-hydrogen) atoms. The number of carbonyl (C=O) groups is 2. The summed E-state index contributed by atoms with van der Waals surface area (Å²) in [6, 6.07) is 23.1. The Morgan fingerprint density at radius 3 is 2.31 bits per heavy atom. The van der Waals surface area contributed by atoms with Gasteiger partial charge in [-0.2, -0.15) is 0 Å². The summed E-state index contributed by atoms with van der Waals surface area (Å²) >= 11 is 0. The lowest BCUT2D eigenvalue weighted by molar-refractivity contribution is 0.101. The number of nitrogens with zero attached hydrogens (tertiary/aromatic N) is 1. The number of hydrogen-bond donors (Lipinski definition) is 1. The summed E-state index contributed by atoms with van der Waals surface area (Å²) in [7, 11) is 3.93. The van der Waals surface area contributed by atoms with Gasteiger partial charge in [0.15, 0.2) is 5.78 Å². The fourth-order valence-electron chi connectivity index (χ4n) is 2.81. The van der Waals surface area contributed by atoms with Gasteiger partial charge in [-0.15, -0.1) is 0 Å². The molecule has 0 aromatic heterocycles. The number of hydrogen-bond acceptors (Lipinski definition) is 4. The maximum atomic E-state index is 12.8. The van der Waals surface area contributed by atoms with Gasteiger partial charge in [0.05, 0.1) is 5.56 Å². The highest BCUT2D eigenvalue weighted by atomic mass is 16.5. The van der Waals surface area contributed by atoms with Crippen LogP contribution in [0.2, 0.25) is 0 Å². The first kappa shape index (κ1) is 20.3. The number of anilines is 1. The van der Waals surface area contributed by atoms with Gasteiger partial charge in [-0.25, -0.2) is 0 Å². The van der Waals surface area contributed by atoms with Crippen molar-refractivity contribution in [3.05, 3.63) is 95.6 Å². The van der Waals surface area contributed by atoms with Gasteiger partial charge in [0.2, 0.25) is 0 Å². The second-order valence-electron chi connectivity index (χ2n) is 6.88. The minimum atomic E-state index is -0.283. The average molecular weight is 388 g/mol. The van der Waals surface area contributed by atoms with Crippen molar-refractivity contribution in [3.63, 3.8) is 0 Å². The first-order valence-electron chi connectivity index (χ1n) is 9.42. The molecule has 0 spiro atoms. The van der Waals surface area contributed by atoms with Gasteiger partial charge in [-0.05, 0) is 38.4 Å². The van der Waals surface area contributed by atoms with E-state index < -0.39 is 0 Å². The van der Waals surface area contributed by atoms with Crippen molar-refractivity contribution in [2.75, 3.05) is 32.6 Å². The molecule has 5 heteroatoms. The molecule has 0 fully saturated rings. The summed E-state index contributed by atoms with van der Waals surface area (Å²) in [5.74, 6) is 0.159. The van der Waals surface area contributed by atoms with Crippen molar-refractivity contribution < 1.29 is 14.3 Å². The number of likely N-dealkylation sites (N-methyl/N-ethyl adjacent to an activating group) is 1. The van der Waals surface area contributed by atoms with E-state index in [1.807, 2.05) is 43.3 Å². The first-order valence-corrected chi connectivity index (χ1v) is 9.42. The monoisotopic (exact) mass is 388 g/mol. The Balaban J connectivity index is 1.74. The van der Waals surface area contributed by atoms with Crippen LogP contribution in [-0.4, -0.2) is 43.8 Å². The molecular weight excluding hydrogens is 364 g/mol. The van der Waals surface area contributed by atoms with Crippen molar-refractivity contribution in [1.29, 1.82) is 0 Å². The molecule has 5 nitrogen and oxygen atoms in total. The van der Waals surface area contributed by atoms with E-state index >= 15 is 0 Å². The number of benzene rings is 3. The van der Waals surface area contributed by atoms with Crippen LogP contribution in [0.5, 0.6) is 5.75 Å². The molecule has 0 bridgehead atoms. The van der Waals surface area contributed by atoms with Crippen LogP contribution in [0.3, 0.4) is 0 Å². The fourth-order valence-corrected chi connectivity index (χ4v) is 2.81. The molecule has 0 unspecified atom stereocenters. The molecule has 0 aliphatic rings. The minimum absolute atomic E-state index is 0.0888. The van der Waals surface area contributed by atoms with Crippen molar-refractivity contribution in [2.45, 2.75) is 0 Å². The number of carbonyl (C=O) groups excluding carboxylic acids is 2. The van der Waals surface area contributed by atoms with Gasteiger partial charge in [0, 0.05) is 23.4 Å². The summed E-state index contributed by atoms with van der Waals surface area (Å²) < 4.78 is 5.77. The summed E-state index contributed by atoms with van der Waals surface area (Å²) in [6.07, 6.45) is 0. The third kappa shape index (κ3) is 5.53. The molecule has 0 atom stereocenters. The average Bonchev–Trinajstić information content (AvgIpc) is 2.74. The van der Waals surface area contributed by atoms with Crippen LogP contribution < -0.4 is 10.1 Å². The van der Waals surface area contributed by atoms with Crippen LogP contribution in [0.4, 0.5) is 5.69 Å². The molecule has 0 aliphatic heterocycles. The largest absolute Gasteiger partial charge is 0.491 e. The van der Waals surface area contributed by atoms with Gasteiger partial charge < -0.3 is 15.0 Å². The van der Waals surface area contributed by atoms with Gasteiger partial charge in [-0.3, -0.25) is 9.59 Å². The Morgan fingerprint density at radius 1 is 0.862 bits per heavy atom. The van der Waals surface area contributed by atoms with Crippen molar-refractivity contribution in [3.8, 4) is 5.75 Å². The quantitative estimate of drug-likeness (QED) is 0.590. The lowest BCUT2D eigenvalue weighted by atomic mass is 10.0. The zero-order chi connectivity index (χ0) is 20.6. The Kier molecular flexibility index (Phi) is 6.76. The molecule has 0 aliphatic carbocycles. The number of rotatable bonds is 8. The van der Waals surface area contributed by atoms with E-state index in [0.717, 1.165) is 6.54 Å². The lowest BCUT2D eigenvalue weighted by Crippen LogP contribution is -2.20. The predicted molar refractivity (Wildman–Crippen MR) is 115 cm³/mol. The number of para-hydroxylation sites is 1. The van der Waals surface area contributed by atoms with E-state index in [1.165, 1.54) is 0 Å². The molecule has 3 aromatic carbocycles. The first-order chi connectivity index (χ1) is 14.0. The van der Waals surface area contributed by atoms with Gasteiger partial charge in [0.25, 0.3) is 5.91 Å². The van der Waals surface area contributed by atoms with Gasteiger partial charge >= 0.3 is 0 Å². The zero-order valence-electron chi connectivity index (χ0n) is 16.6. The Labute approximate surface area is 170 Å². The Hall–Kier alpha value is -3.44. The molecule has 1 amide bonds. The smallest absolute Gasteiger partial charge is 0.259 e. The van der Waals surface area contributed by atoms with E-state index in [-0.39, 0.29) is 11.7 Å². The van der Waals surface area contributed by atoms with Crippen LogP contribution in [0, 0.1) is 0 Å². The molecule has 3 aromatic rings. The summed E-state index contributed by atoms with van der Waals surface area (Å²) in [6.45, 7) is 1.23. The highest BCUT2D eigenvalue weighted by molar-refractivity contribution is 6.10.